The molecule has 0 amide bonds. The first-order valence-electron chi connectivity index (χ1n) is 6.03. The Morgan fingerprint density at radius 1 is 1.16 bits per heavy atom. The van der Waals surface area contributed by atoms with E-state index in [1.807, 2.05) is 37.1 Å². The van der Waals surface area contributed by atoms with Crippen LogP contribution < -0.4 is 10.6 Å². The van der Waals surface area contributed by atoms with Crippen LogP contribution in [-0.2, 0) is 0 Å². The van der Waals surface area contributed by atoms with Crippen LogP contribution in [0.2, 0.25) is 0 Å². The van der Waals surface area contributed by atoms with Crippen molar-refractivity contribution in [1.82, 2.24) is 0 Å². The molecule has 0 unspecified atom stereocenters. The van der Waals surface area contributed by atoms with Gasteiger partial charge in [-0.1, -0.05) is 6.07 Å². The van der Waals surface area contributed by atoms with Crippen molar-refractivity contribution in [2.75, 3.05) is 11.9 Å². The molecule has 0 aliphatic heterocycles. The highest BCUT2D eigenvalue weighted by Crippen LogP contribution is 2.32. The van der Waals surface area contributed by atoms with Crippen molar-refractivity contribution in [2.45, 2.75) is 13.0 Å². The second-order valence-corrected chi connectivity index (χ2v) is 5.39. The molecule has 2 rings (SSSR count). The van der Waals surface area contributed by atoms with Crippen LogP contribution in [0.25, 0.3) is 0 Å². The van der Waals surface area contributed by atoms with Crippen molar-refractivity contribution in [3.8, 4) is 0 Å². The standard InChI is InChI=1S/C15H16BrFN2/c1-10(18)11-3-8-15(14(16)9-11)19(2)13-6-4-12(17)5-7-13/h3-10H,18H2,1-2H3/t10-/m1/s1. The van der Waals surface area contributed by atoms with Gasteiger partial charge in [-0.3, -0.25) is 0 Å². The molecule has 0 aliphatic carbocycles. The molecule has 0 heterocycles. The van der Waals surface area contributed by atoms with Gasteiger partial charge < -0.3 is 10.6 Å². The van der Waals surface area contributed by atoms with E-state index in [-0.39, 0.29) is 11.9 Å². The summed E-state index contributed by atoms with van der Waals surface area (Å²) in [7, 11) is 1.94. The molecule has 100 valence electrons. The number of hydrogen-bond acceptors (Lipinski definition) is 2. The summed E-state index contributed by atoms with van der Waals surface area (Å²) in [4.78, 5) is 1.99. The Morgan fingerprint density at radius 3 is 2.32 bits per heavy atom. The van der Waals surface area contributed by atoms with Gasteiger partial charge in [0, 0.05) is 23.2 Å². The van der Waals surface area contributed by atoms with Crippen molar-refractivity contribution in [1.29, 1.82) is 0 Å². The molecule has 0 fully saturated rings. The summed E-state index contributed by atoms with van der Waals surface area (Å²) in [6.45, 7) is 1.95. The van der Waals surface area contributed by atoms with Gasteiger partial charge in [0.05, 0.1) is 5.69 Å². The average Bonchev–Trinajstić information content (AvgIpc) is 2.38. The zero-order chi connectivity index (χ0) is 14.0. The Kier molecular flexibility index (Phi) is 4.22. The van der Waals surface area contributed by atoms with Crippen molar-refractivity contribution in [3.63, 3.8) is 0 Å². The maximum Gasteiger partial charge on any atom is 0.123 e. The summed E-state index contributed by atoms with van der Waals surface area (Å²) >= 11 is 3.56. The topological polar surface area (TPSA) is 29.3 Å². The molecule has 2 aromatic rings. The number of rotatable bonds is 3. The quantitative estimate of drug-likeness (QED) is 0.908. The summed E-state index contributed by atoms with van der Waals surface area (Å²) in [5, 5.41) is 0. The summed E-state index contributed by atoms with van der Waals surface area (Å²) in [5.74, 6) is -0.233. The maximum absolute atomic E-state index is 12.9. The number of hydrogen-bond donors (Lipinski definition) is 1. The molecule has 2 N–H and O–H groups in total. The van der Waals surface area contributed by atoms with Gasteiger partial charge in [-0.15, -0.1) is 0 Å². The lowest BCUT2D eigenvalue weighted by Gasteiger charge is -2.22. The third kappa shape index (κ3) is 3.14. The first-order chi connectivity index (χ1) is 8.99. The van der Waals surface area contributed by atoms with Crippen LogP contribution in [0.3, 0.4) is 0 Å². The van der Waals surface area contributed by atoms with Gasteiger partial charge in [0.15, 0.2) is 0 Å². The van der Waals surface area contributed by atoms with Gasteiger partial charge in [0.1, 0.15) is 5.82 Å². The van der Waals surface area contributed by atoms with E-state index in [0.29, 0.717) is 0 Å². The van der Waals surface area contributed by atoms with E-state index >= 15 is 0 Å². The monoisotopic (exact) mass is 322 g/mol. The summed E-state index contributed by atoms with van der Waals surface area (Å²) in [5.41, 5.74) is 8.87. The van der Waals surface area contributed by atoms with Crippen LogP contribution in [0, 0.1) is 5.82 Å². The van der Waals surface area contributed by atoms with Crippen molar-refractivity contribution >= 4 is 27.3 Å². The van der Waals surface area contributed by atoms with Crippen molar-refractivity contribution < 1.29 is 4.39 Å². The number of nitrogens with zero attached hydrogens (tertiary/aromatic N) is 1. The zero-order valence-corrected chi connectivity index (χ0v) is 12.5. The molecular formula is C15H16BrFN2. The van der Waals surface area contributed by atoms with Gasteiger partial charge in [0.25, 0.3) is 0 Å². The fourth-order valence-electron chi connectivity index (χ4n) is 1.88. The third-order valence-corrected chi connectivity index (χ3v) is 3.71. The van der Waals surface area contributed by atoms with Gasteiger partial charge >= 0.3 is 0 Å². The van der Waals surface area contributed by atoms with E-state index in [0.717, 1.165) is 21.4 Å². The molecular weight excluding hydrogens is 307 g/mol. The van der Waals surface area contributed by atoms with E-state index in [1.165, 1.54) is 12.1 Å². The Balaban J connectivity index is 2.33. The average molecular weight is 323 g/mol. The lowest BCUT2D eigenvalue weighted by molar-refractivity contribution is 0.628. The highest BCUT2D eigenvalue weighted by Gasteiger charge is 2.10. The second-order valence-electron chi connectivity index (χ2n) is 4.53. The van der Waals surface area contributed by atoms with E-state index < -0.39 is 0 Å². The smallest absolute Gasteiger partial charge is 0.123 e. The molecule has 0 radical (unpaired) electrons. The molecule has 4 heteroatoms. The van der Waals surface area contributed by atoms with Crippen LogP contribution >= 0.6 is 15.9 Å². The van der Waals surface area contributed by atoms with Gasteiger partial charge in [-0.25, -0.2) is 4.39 Å². The molecule has 1 atom stereocenters. The van der Waals surface area contributed by atoms with Crippen LogP contribution in [-0.4, -0.2) is 7.05 Å². The molecule has 0 saturated heterocycles. The largest absolute Gasteiger partial charge is 0.344 e. The van der Waals surface area contributed by atoms with Crippen molar-refractivity contribution in [3.05, 3.63) is 58.3 Å². The Hall–Kier alpha value is -1.39. The lowest BCUT2D eigenvalue weighted by Crippen LogP contribution is -2.11. The second kappa shape index (κ2) is 5.72. The summed E-state index contributed by atoms with van der Waals surface area (Å²) in [6, 6.07) is 12.4. The molecule has 0 bridgehead atoms. The number of benzene rings is 2. The van der Waals surface area contributed by atoms with Crippen LogP contribution in [0.5, 0.6) is 0 Å². The Morgan fingerprint density at radius 2 is 1.79 bits per heavy atom. The van der Waals surface area contributed by atoms with Gasteiger partial charge in [-0.05, 0) is 64.8 Å². The highest BCUT2D eigenvalue weighted by molar-refractivity contribution is 9.10. The van der Waals surface area contributed by atoms with E-state index in [4.69, 9.17) is 5.73 Å². The first kappa shape index (κ1) is 14.0. The van der Waals surface area contributed by atoms with Crippen LogP contribution in [0.4, 0.5) is 15.8 Å². The minimum absolute atomic E-state index is 0.00137. The Labute approximate surface area is 121 Å². The normalized spacial score (nSPS) is 12.3. The predicted octanol–water partition coefficient (Wildman–Crippen LogP) is 4.38. The first-order valence-corrected chi connectivity index (χ1v) is 6.82. The summed E-state index contributed by atoms with van der Waals surface area (Å²) < 4.78 is 13.9. The molecule has 0 aromatic heterocycles. The predicted molar refractivity (Wildman–Crippen MR) is 81.2 cm³/mol. The third-order valence-electron chi connectivity index (χ3n) is 3.07. The van der Waals surface area contributed by atoms with Gasteiger partial charge in [0.2, 0.25) is 0 Å². The fourth-order valence-corrected chi connectivity index (χ4v) is 2.54. The SMILES string of the molecule is C[C@@H](N)c1ccc(N(C)c2ccc(F)cc2)c(Br)c1. The molecule has 2 nitrogen and oxygen atoms in total. The Bertz CT molecular complexity index is 567. The minimum atomic E-state index is -0.233. The molecule has 0 spiro atoms. The number of nitrogens with two attached hydrogens (primary N) is 1. The van der Waals surface area contributed by atoms with Crippen LogP contribution in [0.1, 0.15) is 18.5 Å². The lowest BCUT2D eigenvalue weighted by atomic mass is 10.1. The van der Waals surface area contributed by atoms with E-state index in [2.05, 4.69) is 15.9 Å². The van der Waals surface area contributed by atoms with E-state index in [9.17, 15) is 4.39 Å². The highest BCUT2D eigenvalue weighted by atomic mass is 79.9. The molecule has 2 aromatic carbocycles. The van der Waals surface area contributed by atoms with Crippen molar-refractivity contribution in [2.24, 2.45) is 5.73 Å². The van der Waals surface area contributed by atoms with E-state index in [1.54, 1.807) is 12.1 Å². The zero-order valence-electron chi connectivity index (χ0n) is 10.9. The number of halogens is 2. The molecule has 19 heavy (non-hydrogen) atoms. The number of anilines is 2. The van der Waals surface area contributed by atoms with Gasteiger partial charge in [-0.2, -0.15) is 0 Å². The maximum atomic E-state index is 12.9. The summed E-state index contributed by atoms with van der Waals surface area (Å²) in [6.07, 6.45) is 0. The molecule has 0 aliphatic rings. The van der Waals surface area contributed by atoms with Crippen LogP contribution in [0.15, 0.2) is 46.9 Å². The minimum Gasteiger partial charge on any atom is -0.344 e. The fraction of sp³-hybridized carbons (Fsp3) is 0.200. The molecule has 0 saturated carbocycles.